The van der Waals surface area contributed by atoms with E-state index < -0.39 is 0 Å². The van der Waals surface area contributed by atoms with E-state index in [0.29, 0.717) is 0 Å². The van der Waals surface area contributed by atoms with Gasteiger partial charge in [0, 0.05) is 0 Å². The van der Waals surface area contributed by atoms with Gasteiger partial charge in [0.05, 0.1) is 0 Å². The van der Waals surface area contributed by atoms with Crippen LogP contribution >= 0.6 is 0 Å². The van der Waals surface area contributed by atoms with Crippen LogP contribution in [0, 0.1) is 0 Å². The Hall–Kier alpha value is 2.34. The number of hydrogen-bond acceptors (Lipinski definition) is 1. The molecule has 0 aliphatic heterocycles. The molecule has 6 heteroatoms. The van der Waals surface area contributed by atoms with Crippen LogP contribution in [-0.2, 0) is 48.1 Å². The van der Waals surface area contributed by atoms with Crippen LogP contribution in [0.2, 0.25) is 0 Å². The summed E-state index contributed by atoms with van der Waals surface area (Å²) in [6.07, 6.45) is 0. The van der Waals surface area contributed by atoms with E-state index >= 15 is 0 Å². The van der Waals surface area contributed by atoms with Crippen LogP contribution in [0.25, 0.3) is 0 Å². The number of rotatable bonds is 0. The first-order valence-electron chi connectivity index (χ1n) is 0.123. The van der Waals surface area contributed by atoms with E-state index in [1.807, 2.05) is 0 Å². The summed E-state index contributed by atoms with van der Waals surface area (Å²) in [5.74, 6) is 0. The molecule has 0 aliphatic rings. The first kappa shape index (κ1) is 40.2. The van der Waals surface area contributed by atoms with Crippen LogP contribution in [0.3, 0.4) is 0 Å². The maximum absolute atomic E-state index is 7.81. The van der Waals surface area contributed by atoms with E-state index in [-0.39, 0.29) is 77.2 Å². The van der Waals surface area contributed by atoms with E-state index in [1.165, 1.54) is 0 Å². The van der Waals surface area contributed by atoms with E-state index in [4.69, 9.17) is 3.83 Å². The average Bonchev–Trinajstić information content (AvgIpc) is 1.00. The normalized spacial score (nSPS) is 1.00. The van der Waals surface area contributed by atoms with Gasteiger partial charge >= 0.3 is 86.0 Å². The van der Waals surface area contributed by atoms with Crippen molar-refractivity contribution in [2.75, 3.05) is 0 Å². The Labute approximate surface area is 95.1 Å². The van der Waals surface area contributed by atoms with Crippen molar-refractivity contribution >= 4 is 48.9 Å². The van der Waals surface area contributed by atoms with Gasteiger partial charge < -0.3 is 11.0 Å². The fourth-order valence-electron chi connectivity index (χ4n) is 0. The minimum absolute atomic E-state index is 0. The topological polar surface area (TPSA) is 74.1 Å². The van der Waals surface area contributed by atoms with Crippen LogP contribution in [0.15, 0.2) is 0 Å². The van der Waals surface area contributed by atoms with Crippen molar-refractivity contribution in [2.45, 2.75) is 0 Å². The molecular weight excluding hydrogens is 301 g/mol. The van der Waals surface area contributed by atoms with Gasteiger partial charge in [0.15, 0.2) is 0 Å². The second kappa shape index (κ2) is 53.8. The number of hydrogen-bond donors (Lipinski definition) is 0. The van der Waals surface area contributed by atoms with Crippen LogP contribution in [0.4, 0.5) is 0 Å². The molecule has 36 valence electrons. The van der Waals surface area contributed by atoms with Gasteiger partial charge in [-0.05, 0) is 0 Å². The third-order valence-corrected chi connectivity index (χ3v) is 0. The quantitative estimate of drug-likeness (QED) is 0.543. The van der Waals surface area contributed by atoms with Crippen molar-refractivity contribution in [1.29, 1.82) is 0 Å². The average molecular weight is 301 g/mol. The second-order valence-corrected chi connectivity index (χ2v) is 0. The Morgan fingerprint density at radius 1 is 1.00 bits per heavy atom. The summed E-state index contributed by atoms with van der Waals surface area (Å²) in [7, 11) is 0. The second-order valence-electron chi connectivity index (χ2n) is 0. The molecule has 0 aromatic heterocycles. The van der Waals surface area contributed by atoms with E-state index in [2.05, 4.69) is 15.9 Å². The third-order valence-electron chi connectivity index (χ3n) is 0. The van der Waals surface area contributed by atoms with Crippen LogP contribution in [-0.4, -0.2) is 48.9 Å². The first-order valence-corrected chi connectivity index (χ1v) is 0.508. The molecule has 0 aliphatic carbocycles. The molecule has 0 unspecified atom stereocenters. The minimum atomic E-state index is 0. The molecule has 1 radical (unpaired) electrons. The summed E-state index contributed by atoms with van der Waals surface area (Å²) in [6.45, 7) is 0. The Bertz CT molecular complexity index is 10.8. The Morgan fingerprint density at radius 3 is 1.00 bits per heavy atom. The van der Waals surface area contributed by atoms with Crippen molar-refractivity contribution in [3.63, 3.8) is 0 Å². The molecule has 0 saturated heterocycles. The van der Waals surface area contributed by atoms with Gasteiger partial charge in [0.25, 0.3) is 0 Å². The summed E-state index contributed by atoms with van der Waals surface area (Å²) < 4.78 is 7.81. The summed E-state index contributed by atoms with van der Waals surface area (Å²) in [6, 6.07) is 0. The van der Waals surface area contributed by atoms with Crippen molar-refractivity contribution < 1.29 is 48.1 Å². The zero-order chi connectivity index (χ0) is 2.00. The first-order chi connectivity index (χ1) is 1.00. The molecule has 0 aromatic rings. The van der Waals surface area contributed by atoms with Crippen molar-refractivity contribution in [2.24, 2.45) is 0 Å². The van der Waals surface area contributed by atoms with Crippen LogP contribution in [0.1, 0.15) is 0 Å². The molecule has 0 bridgehead atoms. The molecular formula is BaCrCuO3+. The summed E-state index contributed by atoms with van der Waals surface area (Å²) >= 11 is 2.94. The summed E-state index contributed by atoms with van der Waals surface area (Å²) in [5, 5.41) is 0. The van der Waals surface area contributed by atoms with E-state index in [1.54, 1.807) is 0 Å². The molecule has 0 atom stereocenters. The molecule has 0 spiro atoms. The van der Waals surface area contributed by atoms with E-state index in [9.17, 15) is 0 Å². The Balaban J connectivity index is -0.000000000833. The van der Waals surface area contributed by atoms with Gasteiger partial charge in [-0.2, -0.15) is 0 Å². The molecule has 0 aromatic carbocycles. The third kappa shape index (κ3) is 33.0. The van der Waals surface area contributed by atoms with Gasteiger partial charge in [-0.1, -0.05) is 0 Å². The zero-order valence-corrected chi connectivity index (χ0v) is 9.30. The van der Waals surface area contributed by atoms with Gasteiger partial charge in [-0.15, -0.1) is 0 Å². The Morgan fingerprint density at radius 2 is 1.00 bits per heavy atom. The fourth-order valence-corrected chi connectivity index (χ4v) is 0. The predicted octanol–water partition coefficient (Wildman–Crippen LogP) is -0.742. The molecule has 0 saturated carbocycles. The van der Waals surface area contributed by atoms with E-state index in [0.717, 1.165) is 0 Å². The molecule has 0 N–H and O–H groups in total. The molecule has 3 nitrogen and oxygen atoms in total. The fraction of sp³-hybridized carbons (Fsp3) is 0. The SMILES string of the molecule is [Ba+2].[Cr+3].[O-2].[O-2].[O]=[Cu]. The molecule has 0 heterocycles. The zero-order valence-electron chi connectivity index (χ0n) is 2.64. The van der Waals surface area contributed by atoms with Crippen LogP contribution < -0.4 is 0 Å². The van der Waals surface area contributed by atoms with Gasteiger partial charge in [-0.25, -0.2) is 0 Å². The molecule has 0 fully saturated rings. The van der Waals surface area contributed by atoms with Gasteiger partial charge in [0.2, 0.25) is 0 Å². The standard InChI is InChI=1S/Ba.Cr.Cu.3O/q+2;+3;;;2*-2. The maximum atomic E-state index is 7.81. The molecule has 0 amide bonds. The predicted molar refractivity (Wildman–Crippen MR) is 7.81 cm³/mol. The van der Waals surface area contributed by atoms with Gasteiger partial charge in [-0.3, -0.25) is 0 Å². The van der Waals surface area contributed by atoms with Crippen molar-refractivity contribution in [3.8, 4) is 0 Å². The Kier molecular flexibility index (Phi) is 361. The van der Waals surface area contributed by atoms with Crippen LogP contribution in [0.5, 0.6) is 0 Å². The summed E-state index contributed by atoms with van der Waals surface area (Å²) in [4.78, 5) is 0. The monoisotopic (exact) mass is 301 g/mol. The molecule has 0 rings (SSSR count). The van der Waals surface area contributed by atoms with Crippen molar-refractivity contribution in [3.05, 3.63) is 0 Å². The van der Waals surface area contributed by atoms with Gasteiger partial charge in [0.1, 0.15) is 0 Å². The molecule has 6 heavy (non-hydrogen) atoms. The summed E-state index contributed by atoms with van der Waals surface area (Å²) in [5.41, 5.74) is 0. The van der Waals surface area contributed by atoms with Crippen molar-refractivity contribution in [1.82, 2.24) is 0 Å².